The van der Waals surface area contributed by atoms with E-state index in [2.05, 4.69) is 15.9 Å². The van der Waals surface area contributed by atoms with Crippen molar-refractivity contribution in [3.8, 4) is 0 Å². The molecule has 1 heterocycles. The highest BCUT2D eigenvalue weighted by Crippen LogP contribution is 2.16. The van der Waals surface area contributed by atoms with Crippen molar-refractivity contribution in [3.05, 3.63) is 0 Å². The SMILES string of the molecule is CC(C)C(Br)C(=O)N1CCCS(=O)(=O)CC1. The summed E-state index contributed by atoms with van der Waals surface area (Å²) in [4.78, 5) is 13.4. The zero-order valence-corrected chi connectivity index (χ0v) is 12.1. The molecule has 94 valence electrons. The van der Waals surface area contributed by atoms with Crippen LogP contribution in [0.4, 0.5) is 0 Å². The Morgan fingerprint density at radius 3 is 2.44 bits per heavy atom. The van der Waals surface area contributed by atoms with Crippen molar-refractivity contribution >= 4 is 31.7 Å². The number of amides is 1. The predicted octanol–water partition coefficient (Wildman–Crippen LogP) is 1.05. The molecule has 0 N–H and O–H groups in total. The van der Waals surface area contributed by atoms with Gasteiger partial charge in [-0.1, -0.05) is 29.8 Å². The summed E-state index contributed by atoms with van der Waals surface area (Å²) in [7, 11) is -2.94. The van der Waals surface area contributed by atoms with Crippen molar-refractivity contribution in [2.24, 2.45) is 5.92 Å². The van der Waals surface area contributed by atoms with Crippen LogP contribution in [0.15, 0.2) is 0 Å². The Morgan fingerprint density at radius 2 is 1.88 bits per heavy atom. The molecule has 0 spiro atoms. The van der Waals surface area contributed by atoms with Gasteiger partial charge in [0.15, 0.2) is 9.84 Å². The lowest BCUT2D eigenvalue weighted by molar-refractivity contribution is -0.130. The minimum absolute atomic E-state index is 0.00657. The van der Waals surface area contributed by atoms with Gasteiger partial charge in [0.25, 0.3) is 0 Å². The van der Waals surface area contributed by atoms with E-state index in [1.54, 1.807) is 4.90 Å². The quantitative estimate of drug-likeness (QED) is 0.716. The van der Waals surface area contributed by atoms with Crippen molar-refractivity contribution in [2.75, 3.05) is 24.6 Å². The Kier molecular flexibility index (Phi) is 4.79. The molecule has 1 amide bonds. The molecule has 0 aromatic rings. The topological polar surface area (TPSA) is 54.5 Å². The zero-order valence-electron chi connectivity index (χ0n) is 9.65. The molecular formula is C10H18BrNO3S. The smallest absolute Gasteiger partial charge is 0.236 e. The van der Waals surface area contributed by atoms with E-state index in [-0.39, 0.29) is 28.2 Å². The molecule has 6 heteroatoms. The number of hydrogen-bond donors (Lipinski definition) is 0. The van der Waals surface area contributed by atoms with Gasteiger partial charge in [-0.15, -0.1) is 0 Å². The fourth-order valence-electron chi connectivity index (χ4n) is 1.62. The molecular weight excluding hydrogens is 294 g/mol. The van der Waals surface area contributed by atoms with Gasteiger partial charge >= 0.3 is 0 Å². The Bertz CT molecular complexity index is 353. The van der Waals surface area contributed by atoms with Crippen molar-refractivity contribution in [1.82, 2.24) is 4.90 Å². The average Bonchev–Trinajstić information content (AvgIpc) is 2.37. The Hall–Kier alpha value is -0.100. The maximum Gasteiger partial charge on any atom is 0.236 e. The van der Waals surface area contributed by atoms with Crippen LogP contribution < -0.4 is 0 Å². The van der Waals surface area contributed by atoms with Crippen LogP contribution in [0, 0.1) is 5.92 Å². The molecule has 4 nitrogen and oxygen atoms in total. The van der Waals surface area contributed by atoms with E-state index in [0.29, 0.717) is 19.5 Å². The molecule has 1 unspecified atom stereocenters. The summed E-state index contributed by atoms with van der Waals surface area (Å²) >= 11 is 3.36. The first-order valence-electron chi connectivity index (χ1n) is 5.47. The van der Waals surface area contributed by atoms with E-state index in [9.17, 15) is 13.2 Å². The summed E-state index contributed by atoms with van der Waals surface area (Å²) < 4.78 is 22.8. The van der Waals surface area contributed by atoms with Gasteiger partial charge in [-0.25, -0.2) is 8.42 Å². The van der Waals surface area contributed by atoms with E-state index < -0.39 is 9.84 Å². The molecule has 1 rings (SSSR count). The summed E-state index contributed by atoms with van der Waals surface area (Å²) in [6.07, 6.45) is 0.548. The number of halogens is 1. The lowest BCUT2D eigenvalue weighted by Gasteiger charge is -2.24. The minimum Gasteiger partial charge on any atom is -0.341 e. The van der Waals surface area contributed by atoms with E-state index in [4.69, 9.17) is 0 Å². The Balaban J connectivity index is 2.65. The van der Waals surface area contributed by atoms with E-state index in [1.165, 1.54) is 0 Å². The van der Waals surface area contributed by atoms with Crippen molar-refractivity contribution < 1.29 is 13.2 Å². The minimum atomic E-state index is -2.94. The van der Waals surface area contributed by atoms with Gasteiger partial charge in [-0.05, 0) is 12.3 Å². The summed E-state index contributed by atoms with van der Waals surface area (Å²) in [6.45, 7) is 4.81. The first kappa shape index (κ1) is 14.0. The van der Waals surface area contributed by atoms with Crippen LogP contribution in [0.3, 0.4) is 0 Å². The maximum atomic E-state index is 12.0. The first-order chi connectivity index (χ1) is 7.33. The summed E-state index contributed by atoms with van der Waals surface area (Å²) in [5, 5.41) is 0. The number of alkyl halides is 1. The monoisotopic (exact) mass is 311 g/mol. The number of carbonyl (C=O) groups excluding carboxylic acids is 1. The lowest BCUT2D eigenvalue weighted by Crippen LogP contribution is -2.40. The fourth-order valence-corrected chi connectivity index (χ4v) is 3.18. The highest BCUT2D eigenvalue weighted by atomic mass is 79.9. The van der Waals surface area contributed by atoms with Gasteiger partial charge < -0.3 is 4.90 Å². The summed E-state index contributed by atoms with van der Waals surface area (Å²) in [6, 6.07) is 0. The van der Waals surface area contributed by atoms with Gasteiger partial charge in [0.1, 0.15) is 0 Å². The third kappa shape index (κ3) is 3.73. The van der Waals surface area contributed by atoms with Crippen molar-refractivity contribution in [1.29, 1.82) is 0 Å². The fraction of sp³-hybridized carbons (Fsp3) is 0.900. The summed E-state index contributed by atoms with van der Waals surface area (Å²) in [5.41, 5.74) is 0. The second kappa shape index (κ2) is 5.49. The standard InChI is InChI=1S/C10H18BrNO3S/c1-8(2)9(11)10(13)12-4-3-6-16(14,15)7-5-12/h8-9H,3-7H2,1-2H3. The van der Waals surface area contributed by atoms with Crippen LogP contribution in [0.2, 0.25) is 0 Å². The van der Waals surface area contributed by atoms with Crippen LogP contribution in [0.5, 0.6) is 0 Å². The second-order valence-electron chi connectivity index (χ2n) is 4.48. The number of rotatable bonds is 2. The molecule has 0 bridgehead atoms. The first-order valence-corrected chi connectivity index (χ1v) is 8.20. The van der Waals surface area contributed by atoms with Crippen LogP contribution in [-0.2, 0) is 14.6 Å². The third-order valence-corrected chi connectivity index (χ3v) is 5.85. The van der Waals surface area contributed by atoms with Crippen LogP contribution in [0.25, 0.3) is 0 Å². The highest BCUT2D eigenvalue weighted by molar-refractivity contribution is 9.10. The average molecular weight is 312 g/mol. The largest absolute Gasteiger partial charge is 0.341 e. The maximum absolute atomic E-state index is 12.0. The van der Waals surface area contributed by atoms with Crippen LogP contribution in [0.1, 0.15) is 20.3 Å². The number of nitrogens with zero attached hydrogens (tertiary/aromatic N) is 1. The van der Waals surface area contributed by atoms with Crippen molar-refractivity contribution in [2.45, 2.75) is 25.1 Å². The molecule has 1 atom stereocenters. The van der Waals surface area contributed by atoms with Gasteiger partial charge in [0, 0.05) is 13.1 Å². The normalized spacial score (nSPS) is 22.9. The number of sulfone groups is 1. The van der Waals surface area contributed by atoms with E-state index >= 15 is 0 Å². The lowest BCUT2D eigenvalue weighted by atomic mass is 10.1. The number of carbonyl (C=O) groups is 1. The summed E-state index contributed by atoms with van der Waals surface area (Å²) in [5.74, 6) is 0.515. The molecule has 1 aliphatic heterocycles. The molecule has 0 aromatic heterocycles. The molecule has 0 saturated carbocycles. The highest BCUT2D eigenvalue weighted by Gasteiger charge is 2.27. The number of hydrogen-bond acceptors (Lipinski definition) is 3. The Morgan fingerprint density at radius 1 is 1.25 bits per heavy atom. The van der Waals surface area contributed by atoms with E-state index in [1.807, 2.05) is 13.8 Å². The second-order valence-corrected chi connectivity index (χ2v) is 7.77. The van der Waals surface area contributed by atoms with E-state index in [0.717, 1.165) is 0 Å². The van der Waals surface area contributed by atoms with Crippen LogP contribution in [-0.4, -0.2) is 48.6 Å². The zero-order chi connectivity index (χ0) is 12.3. The molecule has 1 saturated heterocycles. The third-order valence-electron chi connectivity index (χ3n) is 2.69. The molecule has 0 aliphatic carbocycles. The molecule has 1 fully saturated rings. The van der Waals surface area contributed by atoms with Gasteiger partial charge in [-0.2, -0.15) is 0 Å². The van der Waals surface area contributed by atoms with Gasteiger partial charge in [-0.3, -0.25) is 4.79 Å². The predicted molar refractivity (Wildman–Crippen MR) is 67.4 cm³/mol. The van der Waals surface area contributed by atoms with Gasteiger partial charge in [0.2, 0.25) is 5.91 Å². The van der Waals surface area contributed by atoms with Crippen molar-refractivity contribution in [3.63, 3.8) is 0 Å². The molecule has 1 aliphatic rings. The Labute approximate surface area is 105 Å². The molecule has 16 heavy (non-hydrogen) atoms. The molecule has 0 aromatic carbocycles. The van der Waals surface area contributed by atoms with Crippen LogP contribution >= 0.6 is 15.9 Å². The molecule has 0 radical (unpaired) electrons. The van der Waals surface area contributed by atoms with Gasteiger partial charge in [0.05, 0.1) is 16.3 Å².